The van der Waals surface area contributed by atoms with Crippen molar-refractivity contribution in [3.05, 3.63) is 101 Å². The highest BCUT2D eigenvalue weighted by Crippen LogP contribution is 2.23. The van der Waals surface area contributed by atoms with Crippen molar-refractivity contribution in [1.82, 2.24) is 25.8 Å². The number of aryl methyl sites for hydroxylation is 3. The average molecular weight is 678 g/mol. The molecule has 50 heavy (non-hydrogen) atoms. The largest absolute Gasteiger partial charge is 0.494 e. The second-order valence-electron chi connectivity index (χ2n) is 13.6. The fourth-order valence-corrected chi connectivity index (χ4v) is 6.90. The highest BCUT2D eigenvalue weighted by molar-refractivity contribution is 5.95. The van der Waals surface area contributed by atoms with Crippen LogP contribution in [0.1, 0.15) is 60.8 Å². The molecule has 3 aromatic carbocycles. The summed E-state index contributed by atoms with van der Waals surface area (Å²) in [5.41, 5.74) is 5.01. The van der Waals surface area contributed by atoms with E-state index in [0.29, 0.717) is 39.0 Å². The summed E-state index contributed by atoms with van der Waals surface area (Å²) in [5, 5.41) is 9.86. The summed E-state index contributed by atoms with van der Waals surface area (Å²) in [5.74, 6) is -0.391. The summed E-state index contributed by atoms with van der Waals surface area (Å²) in [6.07, 6.45) is 5.86. The zero-order valence-corrected chi connectivity index (χ0v) is 28.7. The molecule has 3 atom stereocenters. The van der Waals surface area contributed by atoms with Crippen LogP contribution in [0.15, 0.2) is 79.0 Å². The summed E-state index contributed by atoms with van der Waals surface area (Å²) in [7, 11) is 0. The van der Waals surface area contributed by atoms with Crippen LogP contribution in [-0.2, 0) is 38.6 Å². The van der Waals surface area contributed by atoms with Crippen molar-refractivity contribution >= 4 is 34.5 Å². The molecule has 6 rings (SSSR count). The van der Waals surface area contributed by atoms with E-state index in [-0.39, 0.29) is 43.0 Å². The van der Waals surface area contributed by atoms with Gasteiger partial charge in [-0.3, -0.25) is 19.2 Å². The van der Waals surface area contributed by atoms with Crippen LogP contribution >= 0.6 is 0 Å². The Bertz CT molecular complexity index is 1800. The van der Waals surface area contributed by atoms with E-state index in [1.165, 1.54) is 0 Å². The van der Waals surface area contributed by atoms with Gasteiger partial charge in [-0.1, -0.05) is 42.5 Å². The number of fused-ring (bicyclic) bond motifs is 5. The molecule has 10 heteroatoms. The Hall–Kier alpha value is -5.12. The maximum absolute atomic E-state index is 14.0. The molecule has 2 aliphatic heterocycles. The maximum Gasteiger partial charge on any atom is 0.243 e. The van der Waals surface area contributed by atoms with Gasteiger partial charge in [0, 0.05) is 37.8 Å². The van der Waals surface area contributed by atoms with Crippen molar-refractivity contribution in [2.45, 2.75) is 76.9 Å². The molecule has 10 nitrogen and oxygen atoms in total. The van der Waals surface area contributed by atoms with E-state index in [1.54, 1.807) is 4.90 Å². The van der Waals surface area contributed by atoms with Crippen LogP contribution in [0.5, 0.6) is 5.75 Å². The van der Waals surface area contributed by atoms with E-state index in [9.17, 15) is 19.2 Å². The smallest absolute Gasteiger partial charge is 0.243 e. The molecule has 4 N–H and O–H groups in total. The predicted octanol–water partition coefficient (Wildman–Crippen LogP) is 4.74. The summed E-state index contributed by atoms with van der Waals surface area (Å²) in [4.78, 5) is 59.8. The number of nitrogens with one attached hydrogen (secondary N) is 4. The molecule has 2 unspecified atom stereocenters. The molecule has 1 fully saturated rings. The van der Waals surface area contributed by atoms with Crippen molar-refractivity contribution < 1.29 is 23.9 Å². The Balaban J connectivity index is 1.22. The van der Waals surface area contributed by atoms with E-state index in [0.717, 1.165) is 58.2 Å². The third-order valence-corrected chi connectivity index (χ3v) is 9.93. The zero-order valence-electron chi connectivity index (χ0n) is 28.7. The summed E-state index contributed by atoms with van der Waals surface area (Å²) >= 11 is 0. The number of piperidine rings is 1. The van der Waals surface area contributed by atoms with E-state index in [1.807, 2.05) is 85.9 Å². The molecule has 1 aromatic heterocycles. The number of aromatic nitrogens is 1. The van der Waals surface area contributed by atoms with E-state index in [2.05, 4.69) is 20.9 Å². The number of hydrogen-bond acceptors (Lipinski definition) is 5. The molecule has 3 heterocycles. The van der Waals surface area contributed by atoms with Crippen LogP contribution < -0.4 is 20.7 Å². The Morgan fingerprint density at radius 2 is 1.80 bits per heavy atom. The Morgan fingerprint density at radius 3 is 2.66 bits per heavy atom. The number of carbonyl (C=O) groups excluding carboxylic acids is 4. The number of H-pyrrole nitrogens is 1. The number of benzene rings is 3. The highest BCUT2D eigenvalue weighted by Gasteiger charge is 2.32. The molecule has 4 bridgehead atoms. The van der Waals surface area contributed by atoms with Crippen molar-refractivity contribution in [3.8, 4) is 5.75 Å². The fourth-order valence-electron chi connectivity index (χ4n) is 6.90. The first-order valence-corrected chi connectivity index (χ1v) is 17.8. The Kier molecular flexibility index (Phi) is 11.5. The number of carbonyl (C=O) groups is 4. The minimum absolute atomic E-state index is 0.149. The molecule has 2 aliphatic rings. The zero-order chi connectivity index (χ0) is 34.9. The molecule has 0 aliphatic carbocycles. The quantitative estimate of drug-likeness (QED) is 0.225. The molecule has 0 spiro atoms. The second kappa shape index (κ2) is 16.5. The molecular formula is C40H47N5O5. The van der Waals surface area contributed by atoms with Crippen molar-refractivity contribution in [3.63, 3.8) is 0 Å². The molecule has 1 saturated heterocycles. The molecular weight excluding hydrogens is 630 g/mol. The van der Waals surface area contributed by atoms with Crippen molar-refractivity contribution in [2.24, 2.45) is 5.92 Å². The van der Waals surface area contributed by atoms with Crippen LogP contribution in [0.2, 0.25) is 0 Å². The topological polar surface area (TPSA) is 133 Å². The lowest BCUT2D eigenvalue weighted by atomic mass is 9.94. The molecule has 4 aromatic rings. The number of hydrogen-bond donors (Lipinski definition) is 4. The van der Waals surface area contributed by atoms with Crippen LogP contribution in [0.3, 0.4) is 0 Å². The van der Waals surface area contributed by atoms with E-state index in [4.69, 9.17) is 4.74 Å². The van der Waals surface area contributed by atoms with Gasteiger partial charge in [-0.15, -0.1) is 0 Å². The summed E-state index contributed by atoms with van der Waals surface area (Å²) < 4.78 is 6.13. The van der Waals surface area contributed by atoms with Gasteiger partial charge in [-0.2, -0.15) is 0 Å². The molecule has 262 valence electrons. The lowest BCUT2D eigenvalue weighted by Gasteiger charge is -2.34. The molecule has 4 amide bonds. The standard InChI is InChI=1S/C40H47N5O5/c1-27-9-13-33-23-32(27)25-42-39(48)35(15-10-28-6-3-2-4-7-28)44-40(49)36(24-38(47)45-20-5-8-30(26-45)18-21-50-33)43-37(46)16-12-29-11-14-34-31(22-29)17-19-41-34/h2-4,6-7,9,11,13-14,17,19,22-23,30,35-36,41H,5,8,10,12,15-16,18,20-21,24-26H2,1H3,(H,42,48)(H,43,46)(H,44,49)/t30?,35?,36-/m0/s1. The SMILES string of the molecule is Cc1ccc2cc1CNC(=O)C(CCc1ccccc1)NC(=O)[C@@H](NC(=O)CCc1ccc3[nH]ccc3c1)CC(=O)N1CCCC(CCO2)C1. The van der Waals surface area contributed by atoms with Crippen LogP contribution in [-0.4, -0.2) is 65.3 Å². The minimum atomic E-state index is -1.13. The van der Waals surface area contributed by atoms with Crippen molar-refractivity contribution in [1.29, 1.82) is 0 Å². The van der Waals surface area contributed by atoms with Crippen LogP contribution in [0.4, 0.5) is 0 Å². The van der Waals surface area contributed by atoms with Gasteiger partial charge >= 0.3 is 0 Å². The third-order valence-electron chi connectivity index (χ3n) is 9.93. The summed E-state index contributed by atoms with van der Waals surface area (Å²) in [6.45, 7) is 3.95. The first-order chi connectivity index (χ1) is 24.3. The van der Waals surface area contributed by atoms with Crippen LogP contribution in [0, 0.1) is 12.8 Å². The van der Waals surface area contributed by atoms with Gasteiger partial charge in [0.25, 0.3) is 0 Å². The lowest BCUT2D eigenvalue weighted by molar-refractivity contribution is -0.138. The van der Waals surface area contributed by atoms with E-state index >= 15 is 0 Å². The monoisotopic (exact) mass is 677 g/mol. The first-order valence-electron chi connectivity index (χ1n) is 17.8. The predicted molar refractivity (Wildman–Crippen MR) is 192 cm³/mol. The van der Waals surface area contributed by atoms with Gasteiger partial charge in [0.2, 0.25) is 23.6 Å². The Labute approximate surface area is 293 Å². The normalized spacial score (nSPS) is 20.6. The maximum atomic E-state index is 14.0. The van der Waals surface area contributed by atoms with Gasteiger partial charge in [0.1, 0.15) is 17.8 Å². The number of nitrogens with zero attached hydrogens (tertiary/aromatic N) is 1. The number of ether oxygens (including phenoxy) is 1. The average Bonchev–Trinajstić information content (AvgIpc) is 3.60. The third kappa shape index (κ3) is 9.31. The summed E-state index contributed by atoms with van der Waals surface area (Å²) in [6, 6.07) is 21.6. The van der Waals surface area contributed by atoms with Gasteiger partial charge in [0.05, 0.1) is 13.0 Å². The number of aromatic amines is 1. The van der Waals surface area contributed by atoms with Gasteiger partial charge in [-0.05, 0) is 109 Å². The van der Waals surface area contributed by atoms with Crippen molar-refractivity contribution in [2.75, 3.05) is 19.7 Å². The first kappa shape index (κ1) is 34.7. The number of rotatable bonds is 7. The fraction of sp³-hybridized carbons (Fsp3) is 0.400. The minimum Gasteiger partial charge on any atom is -0.494 e. The Morgan fingerprint density at radius 1 is 0.940 bits per heavy atom. The van der Waals surface area contributed by atoms with Gasteiger partial charge in [-0.25, -0.2) is 0 Å². The second-order valence-corrected chi connectivity index (χ2v) is 13.6. The molecule has 0 saturated carbocycles. The van der Waals surface area contributed by atoms with Gasteiger partial charge in [0.15, 0.2) is 0 Å². The molecule has 0 radical (unpaired) electrons. The highest BCUT2D eigenvalue weighted by atomic mass is 16.5. The van der Waals surface area contributed by atoms with Gasteiger partial charge < -0.3 is 30.6 Å². The number of amides is 4. The van der Waals surface area contributed by atoms with Crippen LogP contribution in [0.25, 0.3) is 10.9 Å². The lowest BCUT2D eigenvalue weighted by Crippen LogP contribution is -2.55. The van der Waals surface area contributed by atoms with E-state index < -0.39 is 18.0 Å².